The van der Waals surface area contributed by atoms with Crippen molar-refractivity contribution < 1.29 is 22.9 Å². The maximum Gasteiger partial charge on any atom is 0.416 e. The predicted molar refractivity (Wildman–Crippen MR) is 94.9 cm³/mol. The Morgan fingerprint density at radius 2 is 1.78 bits per heavy atom. The van der Waals surface area contributed by atoms with Crippen LogP contribution in [0.4, 0.5) is 24.5 Å². The summed E-state index contributed by atoms with van der Waals surface area (Å²) < 4.78 is 38.0. The van der Waals surface area contributed by atoms with E-state index in [-0.39, 0.29) is 24.7 Å². The third-order valence-electron chi connectivity index (χ3n) is 3.62. The summed E-state index contributed by atoms with van der Waals surface area (Å²) in [6.45, 7) is 0.214. The van der Waals surface area contributed by atoms with Crippen molar-refractivity contribution >= 4 is 28.9 Å². The van der Waals surface area contributed by atoms with Gasteiger partial charge in [-0.3, -0.25) is 14.9 Å². The Kier molecular flexibility index (Phi) is 6.62. The van der Waals surface area contributed by atoms with Crippen LogP contribution in [0.3, 0.4) is 0 Å². The van der Waals surface area contributed by atoms with Gasteiger partial charge in [0.25, 0.3) is 11.6 Å². The zero-order valence-corrected chi connectivity index (χ0v) is 14.6. The molecule has 0 spiro atoms. The molecule has 0 atom stereocenters. The molecule has 0 fully saturated rings. The van der Waals surface area contributed by atoms with Crippen molar-refractivity contribution in [2.45, 2.75) is 12.1 Å². The molecule has 10 heteroatoms. The summed E-state index contributed by atoms with van der Waals surface area (Å²) in [7, 11) is 0. The normalized spacial score (nSPS) is 11.1. The number of amides is 1. The molecule has 0 unspecified atom stereocenters. The molecule has 27 heavy (non-hydrogen) atoms. The Labute approximate surface area is 157 Å². The highest BCUT2D eigenvalue weighted by molar-refractivity contribution is 6.17. The number of hydrogen-bond donors (Lipinski definition) is 2. The molecule has 2 aromatic rings. The van der Waals surface area contributed by atoms with Gasteiger partial charge in [-0.1, -0.05) is 12.1 Å². The van der Waals surface area contributed by atoms with Gasteiger partial charge in [0.2, 0.25) is 0 Å². The smallest absolute Gasteiger partial charge is 0.378 e. The van der Waals surface area contributed by atoms with E-state index in [9.17, 15) is 28.1 Å². The Bertz CT molecular complexity index is 826. The summed E-state index contributed by atoms with van der Waals surface area (Å²) in [5.41, 5.74) is -0.566. The molecule has 0 bridgehead atoms. The van der Waals surface area contributed by atoms with Gasteiger partial charge >= 0.3 is 6.18 Å². The van der Waals surface area contributed by atoms with Crippen LogP contribution in [0, 0.1) is 10.1 Å². The number of nitrogens with zero attached hydrogens (tertiary/aromatic N) is 1. The lowest BCUT2D eigenvalue weighted by Crippen LogP contribution is -2.28. The third kappa shape index (κ3) is 5.58. The number of carbonyl (C=O) groups is 1. The highest BCUT2D eigenvalue weighted by Crippen LogP contribution is 2.34. The minimum Gasteiger partial charge on any atom is -0.378 e. The van der Waals surface area contributed by atoms with E-state index < -0.39 is 22.4 Å². The van der Waals surface area contributed by atoms with Crippen LogP contribution in [0.1, 0.15) is 21.5 Å². The molecule has 144 valence electrons. The lowest BCUT2D eigenvalue weighted by Gasteiger charge is -2.11. The number of nitro groups is 1. The van der Waals surface area contributed by atoms with Gasteiger partial charge in [-0.2, -0.15) is 13.2 Å². The van der Waals surface area contributed by atoms with E-state index in [1.54, 1.807) is 24.3 Å². The topological polar surface area (TPSA) is 84.3 Å². The van der Waals surface area contributed by atoms with E-state index in [0.29, 0.717) is 17.5 Å². The van der Waals surface area contributed by atoms with Gasteiger partial charge in [0.1, 0.15) is 5.69 Å². The number of benzene rings is 2. The SMILES string of the molecule is O=C(NCCNc1ccc(C(F)(F)F)cc1[N+](=O)[O-])c1ccc(CCl)cc1. The summed E-state index contributed by atoms with van der Waals surface area (Å²) in [6.07, 6.45) is -4.67. The highest BCUT2D eigenvalue weighted by Gasteiger charge is 2.32. The largest absolute Gasteiger partial charge is 0.416 e. The minimum absolute atomic E-state index is 0.0614. The first-order valence-corrected chi connectivity index (χ1v) is 8.28. The second kappa shape index (κ2) is 8.72. The first-order valence-electron chi connectivity index (χ1n) is 7.75. The number of rotatable bonds is 7. The number of nitro benzene ring substituents is 1. The van der Waals surface area contributed by atoms with Crippen molar-refractivity contribution in [3.63, 3.8) is 0 Å². The van der Waals surface area contributed by atoms with Gasteiger partial charge in [-0.05, 0) is 29.8 Å². The maximum absolute atomic E-state index is 12.7. The third-order valence-corrected chi connectivity index (χ3v) is 3.93. The Morgan fingerprint density at radius 3 is 2.33 bits per heavy atom. The van der Waals surface area contributed by atoms with Crippen molar-refractivity contribution in [3.8, 4) is 0 Å². The molecule has 2 aromatic carbocycles. The average molecular weight is 402 g/mol. The van der Waals surface area contributed by atoms with Crippen LogP contribution in [0.5, 0.6) is 0 Å². The number of halogens is 4. The first kappa shape index (κ1) is 20.5. The minimum atomic E-state index is -4.67. The van der Waals surface area contributed by atoms with Crippen LogP contribution in [-0.4, -0.2) is 23.9 Å². The van der Waals surface area contributed by atoms with Crippen molar-refractivity contribution in [1.82, 2.24) is 5.32 Å². The standard InChI is InChI=1S/C17H15ClF3N3O3/c18-10-11-1-3-12(4-2-11)16(25)23-8-7-22-14-6-5-13(17(19,20)21)9-15(14)24(26)27/h1-6,9,22H,7-8,10H2,(H,23,25). The Hall–Kier alpha value is -2.81. The quantitative estimate of drug-likeness (QED) is 0.315. The van der Waals surface area contributed by atoms with E-state index in [1.165, 1.54) is 0 Å². The van der Waals surface area contributed by atoms with Crippen LogP contribution in [0.25, 0.3) is 0 Å². The van der Waals surface area contributed by atoms with Crippen molar-refractivity contribution in [2.75, 3.05) is 18.4 Å². The molecule has 2 N–H and O–H groups in total. The number of anilines is 1. The van der Waals surface area contributed by atoms with Crippen LogP contribution >= 0.6 is 11.6 Å². The van der Waals surface area contributed by atoms with Crippen LogP contribution in [0.2, 0.25) is 0 Å². The summed E-state index contributed by atoms with van der Waals surface area (Å²) >= 11 is 5.67. The molecule has 0 saturated heterocycles. The van der Waals surface area contributed by atoms with Gasteiger partial charge in [0.05, 0.1) is 10.5 Å². The average Bonchev–Trinajstić information content (AvgIpc) is 2.64. The molecule has 0 radical (unpaired) electrons. The zero-order chi connectivity index (χ0) is 20.0. The number of nitrogens with one attached hydrogen (secondary N) is 2. The summed E-state index contributed by atoms with van der Waals surface area (Å²) in [4.78, 5) is 22.1. The van der Waals surface area contributed by atoms with E-state index in [4.69, 9.17) is 11.6 Å². The van der Waals surface area contributed by atoms with E-state index in [0.717, 1.165) is 17.7 Å². The lowest BCUT2D eigenvalue weighted by atomic mass is 10.1. The first-order chi connectivity index (χ1) is 12.7. The molecule has 0 aliphatic heterocycles. The second-order valence-corrected chi connectivity index (χ2v) is 5.77. The van der Waals surface area contributed by atoms with Gasteiger partial charge in [0, 0.05) is 30.6 Å². The molecular formula is C17H15ClF3N3O3. The Morgan fingerprint density at radius 1 is 1.11 bits per heavy atom. The summed E-state index contributed by atoms with van der Waals surface area (Å²) in [6, 6.07) is 8.87. The van der Waals surface area contributed by atoms with Crippen LogP contribution in [-0.2, 0) is 12.1 Å². The predicted octanol–water partition coefficient (Wildman–Crippen LogP) is 4.19. The van der Waals surface area contributed by atoms with Gasteiger partial charge < -0.3 is 10.6 Å². The molecule has 1 amide bonds. The molecule has 0 heterocycles. The fourth-order valence-electron chi connectivity index (χ4n) is 2.23. The van der Waals surface area contributed by atoms with Crippen molar-refractivity contribution in [2.24, 2.45) is 0 Å². The fourth-order valence-corrected chi connectivity index (χ4v) is 2.41. The lowest BCUT2D eigenvalue weighted by molar-refractivity contribution is -0.384. The van der Waals surface area contributed by atoms with Gasteiger partial charge in [-0.15, -0.1) is 11.6 Å². The van der Waals surface area contributed by atoms with Crippen LogP contribution in [0.15, 0.2) is 42.5 Å². The molecule has 6 nitrogen and oxygen atoms in total. The molecule has 0 saturated carbocycles. The Balaban J connectivity index is 1.94. The highest BCUT2D eigenvalue weighted by atomic mass is 35.5. The molecule has 0 aromatic heterocycles. The number of alkyl halides is 4. The van der Waals surface area contributed by atoms with Gasteiger partial charge in [0.15, 0.2) is 0 Å². The van der Waals surface area contributed by atoms with E-state index in [2.05, 4.69) is 10.6 Å². The van der Waals surface area contributed by atoms with E-state index >= 15 is 0 Å². The number of carbonyl (C=O) groups excluding carboxylic acids is 1. The fraction of sp³-hybridized carbons (Fsp3) is 0.235. The molecule has 0 aliphatic rings. The monoisotopic (exact) mass is 401 g/mol. The molecular weight excluding hydrogens is 387 g/mol. The molecule has 2 rings (SSSR count). The second-order valence-electron chi connectivity index (χ2n) is 5.50. The van der Waals surface area contributed by atoms with Gasteiger partial charge in [-0.25, -0.2) is 0 Å². The summed E-state index contributed by atoms with van der Waals surface area (Å²) in [5.74, 6) is -0.0163. The number of hydrogen-bond acceptors (Lipinski definition) is 4. The zero-order valence-electron chi connectivity index (χ0n) is 13.8. The maximum atomic E-state index is 12.7. The van der Waals surface area contributed by atoms with E-state index in [1.807, 2.05) is 0 Å². The van der Waals surface area contributed by atoms with Crippen LogP contribution < -0.4 is 10.6 Å². The molecule has 0 aliphatic carbocycles. The summed E-state index contributed by atoms with van der Waals surface area (Å²) in [5, 5.41) is 16.3. The van der Waals surface area contributed by atoms with Crippen molar-refractivity contribution in [1.29, 1.82) is 0 Å². The van der Waals surface area contributed by atoms with Crippen molar-refractivity contribution in [3.05, 3.63) is 69.3 Å².